The summed E-state index contributed by atoms with van der Waals surface area (Å²) in [6.07, 6.45) is 2.45. The van der Waals surface area contributed by atoms with Crippen molar-refractivity contribution in [2.24, 2.45) is 0 Å². The molecular formula is C16H26N6O2. The Balaban J connectivity index is 1.67. The van der Waals surface area contributed by atoms with Crippen LogP contribution in [0, 0.1) is 0 Å². The molecule has 0 aromatic carbocycles. The van der Waals surface area contributed by atoms with Crippen LogP contribution in [0.4, 0.5) is 0 Å². The molecule has 3 rings (SSSR count). The molecule has 2 aromatic heterocycles. The smallest absolute Gasteiger partial charge is 0.240 e. The molecule has 1 aliphatic rings. The van der Waals surface area contributed by atoms with E-state index in [0.29, 0.717) is 36.9 Å². The third-order valence-corrected chi connectivity index (χ3v) is 4.34. The fraction of sp³-hybridized carbons (Fsp3) is 0.750. The van der Waals surface area contributed by atoms with Gasteiger partial charge in [-0.1, -0.05) is 31.1 Å². The fourth-order valence-corrected chi connectivity index (χ4v) is 2.77. The number of nitrogens with zero attached hydrogens (tertiary/aromatic N) is 6. The average Bonchev–Trinajstić information content (AvgIpc) is 3.18. The number of β-amino-alcohol motifs (C(OH)–C–C–N with tert-alkyl or cyclic N) is 1. The Morgan fingerprint density at radius 1 is 1.38 bits per heavy atom. The number of hydrogen-bond acceptors (Lipinski definition) is 7. The van der Waals surface area contributed by atoms with Crippen LogP contribution in [-0.4, -0.2) is 48.2 Å². The van der Waals surface area contributed by atoms with Crippen LogP contribution in [0.3, 0.4) is 0 Å². The molecular weight excluding hydrogens is 308 g/mol. The van der Waals surface area contributed by atoms with E-state index < -0.39 is 5.60 Å². The van der Waals surface area contributed by atoms with E-state index in [1.807, 2.05) is 40.8 Å². The molecule has 8 heteroatoms. The molecule has 1 atom stereocenters. The second kappa shape index (κ2) is 5.93. The molecule has 8 nitrogen and oxygen atoms in total. The maximum absolute atomic E-state index is 10.9. The first kappa shape index (κ1) is 17.0. The number of likely N-dealkylation sites (tertiary alicyclic amines) is 1. The van der Waals surface area contributed by atoms with Crippen molar-refractivity contribution in [1.29, 1.82) is 0 Å². The summed E-state index contributed by atoms with van der Waals surface area (Å²) >= 11 is 0. The van der Waals surface area contributed by atoms with Gasteiger partial charge >= 0.3 is 0 Å². The largest absolute Gasteiger partial charge is 0.382 e. The molecule has 24 heavy (non-hydrogen) atoms. The monoisotopic (exact) mass is 334 g/mol. The van der Waals surface area contributed by atoms with E-state index in [0.717, 1.165) is 6.54 Å². The third-order valence-electron chi connectivity index (χ3n) is 4.34. The van der Waals surface area contributed by atoms with Crippen molar-refractivity contribution < 1.29 is 9.63 Å². The van der Waals surface area contributed by atoms with Gasteiger partial charge in [-0.05, 0) is 20.3 Å². The first-order valence-electron chi connectivity index (χ1n) is 8.37. The molecule has 2 aromatic rings. The molecule has 0 bridgehead atoms. The summed E-state index contributed by atoms with van der Waals surface area (Å²) in [5.74, 6) is 1.28. The Kier molecular flexibility index (Phi) is 4.21. The van der Waals surface area contributed by atoms with Gasteiger partial charge in [0.05, 0.1) is 12.7 Å². The highest BCUT2D eigenvalue weighted by atomic mass is 16.5. The van der Waals surface area contributed by atoms with Crippen molar-refractivity contribution in [3.05, 3.63) is 23.6 Å². The third kappa shape index (κ3) is 3.34. The Hall–Kier alpha value is -1.80. The topological polar surface area (TPSA) is 93.1 Å². The van der Waals surface area contributed by atoms with Crippen LogP contribution in [0.1, 0.15) is 64.5 Å². The van der Waals surface area contributed by atoms with Crippen LogP contribution in [0.5, 0.6) is 0 Å². The summed E-state index contributed by atoms with van der Waals surface area (Å²) in [7, 11) is 0. The number of rotatable bonds is 4. The van der Waals surface area contributed by atoms with Gasteiger partial charge in [-0.3, -0.25) is 4.90 Å². The lowest BCUT2D eigenvalue weighted by Gasteiger charge is -2.20. The van der Waals surface area contributed by atoms with Crippen LogP contribution in [-0.2, 0) is 17.6 Å². The van der Waals surface area contributed by atoms with Crippen molar-refractivity contribution in [3.8, 4) is 0 Å². The second-order valence-electron chi connectivity index (χ2n) is 7.93. The van der Waals surface area contributed by atoms with E-state index in [1.54, 1.807) is 4.68 Å². The maximum atomic E-state index is 10.9. The number of hydrogen-bond donors (Lipinski definition) is 1. The first-order valence-corrected chi connectivity index (χ1v) is 8.37. The van der Waals surface area contributed by atoms with Crippen LogP contribution >= 0.6 is 0 Å². The van der Waals surface area contributed by atoms with Gasteiger partial charge in [-0.15, -0.1) is 5.10 Å². The van der Waals surface area contributed by atoms with E-state index in [9.17, 15) is 5.11 Å². The van der Waals surface area contributed by atoms with Gasteiger partial charge in [0.15, 0.2) is 5.82 Å². The van der Waals surface area contributed by atoms with Crippen LogP contribution in [0.25, 0.3) is 0 Å². The number of aromatic nitrogens is 5. The Labute approximate surface area is 141 Å². The highest BCUT2D eigenvalue weighted by molar-refractivity contribution is 5.11. The lowest BCUT2D eigenvalue weighted by molar-refractivity contribution is 0.0397. The van der Waals surface area contributed by atoms with Gasteiger partial charge in [0.25, 0.3) is 0 Å². The van der Waals surface area contributed by atoms with Crippen LogP contribution in [0.2, 0.25) is 0 Å². The minimum absolute atomic E-state index is 0.136. The van der Waals surface area contributed by atoms with Gasteiger partial charge in [0.2, 0.25) is 5.89 Å². The Morgan fingerprint density at radius 3 is 2.71 bits per heavy atom. The van der Waals surface area contributed by atoms with Gasteiger partial charge < -0.3 is 9.63 Å². The molecule has 1 unspecified atom stereocenters. The molecule has 0 spiro atoms. The fourth-order valence-electron chi connectivity index (χ4n) is 2.77. The molecule has 1 N–H and O–H groups in total. The quantitative estimate of drug-likeness (QED) is 0.908. The Bertz CT molecular complexity index is 701. The van der Waals surface area contributed by atoms with Crippen molar-refractivity contribution in [2.75, 3.05) is 13.1 Å². The van der Waals surface area contributed by atoms with Crippen molar-refractivity contribution in [3.63, 3.8) is 0 Å². The molecule has 1 fully saturated rings. The second-order valence-corrected chi connectivity index (χ2v) is 7.93. The van der Waals surface area contributed by atoms with Gasteiger partial charge in [-0.25, -0.2) is 4.68 Å². The van der Waals surface area contributed by atoms with Gasteiger partial charge in [0, 0.05) is 24.5 Å². The van der Waals surface area contributed by atoms with E-state index in [2.05, 4.69) is 25.4 Å². The minimum Gasteiger partial charge on any atom is -0.382 e. The predicted molar refractivity (Wildman–Crippen MR) is 87.2 cm³/mol. The lowest BCUT2D eigenvalue weighted by Crippen LogP contribution is -2.31. The molecule has 3 heterocycles. The molecule has 1 saturated heterocycles. The predicted octanol–water partition coefficient (Wildman–Crippen LogP) is 1.63. The molecule has 0 amide bonds. The van der Waals surface area contributed by atoms with Crippen LogP contribution in [0.15, 0.2) is 10.7 Å². The summed E-state index contributed by atoms with van der Waals surface area (Å²) in [5.41, 5.74) is -0.484. The summed E-state index contributed by atoms with van der Waals surface area (Å²) in [4.78, 5) is 6.57. The molecule has 1 aliphatic heterocycles. The summed E-state index contributed by atoms with van der Waals surface area (Å²) < 4.78 is 7.11. The number of aliphatic hydroxyl groups is 1. The van der Waals surface area contributed by atoms with E-state index in [4.69, 9.17) is 4.52 Å². The van der Waals surface area contributed by atoms with Crippen molar-refractivity contribution in [2.45, 2.75) is 64.6 Å². The van der Waals surface area contributed by atoms with Gasteiger partial charge in [0.1, 0.15) is 11.3 Å². The highest BCUT2D eigenvalue weighted by Crippen LogP contribution is 2.31. The minimum atomic E-state index is -0.972. The van der Waals surface area contributed by atoms with E-state index in [-0.39, 0.29) is 11.5 Å². The zero-order valence-corrected chi connectivity index (χ0v) is 15.0. The Morgan fingerprint density at radius 2 is 2.12 bits per heavy atom. The zero-order valence-electron chi connectivity index (χ0n) is 15.0. The first-order chi connectivity index (χ1) is 11.2. The SMILES string of the molecule is CC(C)n1cc(C2(O)CCN(Cc3nc(C(C)(C)C)no3)C2)nn1. The maximum Gasteiger partial charge on any atom is 0.240 e. The van der Waals surface area contributed by atoms with E-state index >= 15 is 0 Å². The average molecular weight is 334 g/mol. The molecule has 132 valence electrons. The summed E-state index contributed by atoms with van der Waals surface area (Å²) in [6, 6.07) is 0.224. The summed E-state index contributed by atoms with van der Waals surface area (Å²) in [6.45, 7) is 12.0. The van der Waals surface area contributed by atoms with Gasteiger partial charge in [-0.2, -0.15) is 4.98 Å². The van der Waals surface area contributed by atoms with Crippen LogP contribution < -0.4 is 0 Å². The molecule has 0 aliphatic carbocycles. The summed E-state index contributed by atoms with van der Waals surface area (Å²) in [5, 5.41) is 23.2. The molecule has 0 radical (unpaired) electrons. The van der Waals surface area contributed by atoms with E-state index in [1.165, 1.54) is 0 Å². The zero-order chi connectivity index (χ0) is 17.5. The lowest BCUT2D eigenvalue weighted by atomic mass is 9.96. The standard InChI is InChI=1S/C16H26N6O2/c1-11(2)22-8-12(18-20-22)16(23)6-7-21(10-16)9-13-17-14(19-24-13)15(3,4)5/h8,11,23H,6-7,9-10H2,1-5H3. The molecule has 0 saturated carbocycles. The highest BCUT2D eigenvalue weighted by Gasteiger charge is 2.40. The van der Waals surface area contributed by atoms with Crippen molar-refractivity contribution >= 4 is 0 Å². The normalized spacial score (nSPS) is 22.6. The van der Waals surface area contributed by atoms with Crippen molar-refractivity contribution in [1.82, 2.24) is 30.0 Å².